The quantitative estimate of drug-likeness (QED) is 0.760. The van der Waals surface area contributed by atoms with Crippen LogP contribution >= 0.6 is 11.6 Å². The first-order valence-corrected chi connectivity index (χ1v) is 9.41. The van der Waals surface area contributed by atoms with E-state index < -0.39 is 10.0 Å². The summed E-state index contributed by atoms with van der Waals surface area (Å²) in [5, 5.41) is 1.77. The van der Waals surface area contributed by atoms with Gasteiger partial charge in [0.2, 0.25) is 10.0 Å². The molecule has 0 radical (unpaired) electrons. The number of carbonyl (C=O) groups is 1. The number of halogens is 1. The predicted molar refractivity (Wildman–Crippen MR) is 90.3 cm³/mol. The summed E-state index contributed by atoms with van der Waals surface area (Å²) in [6.45, 7) is 2.64. The molecular weight excluding hydrogens is 338 g/mol. The molecule has 1 atom stereocenters. The highest BCUT2D eigenvalue weighted by molar-refractivity contribution is 7.92. The van der Waals surface area contributed by atoms with Crippen LogP contribution in [-0.4, -0.2) is 38.4 Å². The molecular formula is C16H20ClNO4S. The number of sulfonamides is 1. The number of rotatable bonds is 5. The van der Waals surface area contributed by atoms with Gasteiger partial charge in [0, 0.05) is 23.5 Å². The summed E-state index contributed by atoms with van der Waals surface area (Å²) in [6, 6.07) is 6.88. The Kier molecular flexibility index (Phi) is 6.21. The van der Waals surface area contributed by atoms with Crippen LogP contribution in [0.25, 0.3) is 6.08 Å². The number of carbonyl (C=O) groups excluding carboxylic acids is 1. The molecule has 1 aromatic carbocycles. The van der Waals surface area contributed by atoms with Crippen LogP contribution in [0.15, 0.2) is 29.7 Å². The molecule has 0 bridgehead atoms. The highest BCUT2D eigenvalue weighted by Gasteiger charge is 2.31. The zero-order valence-electron chi connectivity index (χ0n) is 12.9. The maximum atomic E-state index is 12.4. The smallest absolute Gasteiger partial charge is 0.310 e. The lowest BCUT2D eigenvalue weighted by molar-refractivity contribution is -0.149. The molecule has 1 saturated heterocycles. The summed E-state index contributed by atoms with van der Waals surface area (Å²) in [5.41, 5.74) is 0.747. The standard InChI is InChI=1S/C16H20ClNO4S/c1-2-22-16(19)14-4-3-10-18(12-14)23(20,21)11-9-13-5-7-15(17)8-6-13/h5-9,11,14H,2-4,10,12H2,1H3/b11-9+/t14-/m0/s1. The van der Waals surface area contributed by atoms with Crippen LogP contribution in [0.1, 0.15) is 25.3 Å². The van der Waals surface area contributed by atoms with Gasteiger partial charge in [0.1, 0.15) is 0 Å². The minimum Gasteiger partial charge on any atom is -0.466 e. The molecule has 0 spiro atoms. The Bertz CT molecular complexity index is 670. The summed E-state index contributed by atoms with van der Waals surface area (Å²) in [7, 11) is -3.56. The summed E-state index contributed by atoms with van der Waals surface area (Å²) in [6.07, 6.45) is 2.84. The molecule has 23 heavy (non-hydrogen) atoms. The van der Waals surface area contributed by atoms with E-state index >= 15 is 0 Å². The third-order valence-electron chi connectivity index (χ3n) is 3.67. The molecule has 0 aliphatic carbocycles. The van der Waals surface area contributed by atoms with Gasteiger partial charge in [-0.05, 0) is 43.5 Å². The monoisotopic (exact) mass is 357 g/mol. The molecule has 0 unspecified atom stereocenters. The van der Waals surface area contributed by atoms with Gasteiger partial charge in [-0.15, -0.1) is 0 Å². The van der Waals surface area contributed by atoms with Gasteiger partial charge in [-0.25, -0.2) is 8.42 Å². The van der Waals surface area contributed by atoms with Crippen LogP contribution in [0.3, 0.4) is 0 Å². The minimum atomic E-state index is -3.56. The fourth-order valence-electron chi connectivity index (χ4n) is 2.45. The third kappa shape index (κ3) is 5.06. The van der Waals surface area contributed by atoms with Gasteiger partial charge in [-0.1, -0.05) is 23.7 Å². The van der Waals surface area contributed by atoms with Gasteiger partial charge in [0.15, 0.2) is 0 Å². The Hall–Kier alpha value is -1.37. The van der Waals surface area contributed by atoms with Crippen molar-refractivity contribution in [1.29, 1.82) is 0 Å². The van der Waals surface area contributed by atoms with E-state index in [0.717, 1.165) is 5.56 Å². The lowest BCUT2D eigenvalue weighted by Crippen LogP contribution is -2.41. The molecule has 0 amide bonds. The van der Waals surface area contributed by atoms with E-state index in [4.69, 9.17) is 16.3 Å². The molecule has 0 aromatic heterocycles. The summed E-state index contributed by atoms with van der Waals surface area (Å²) in [4.78, 5) is 11.8. The zero-order chi connectivity index (χ0) is 16.9. The van der Waals surface area contributed by atoms with Gasteiger partial charge >= 0.3 is 5.97 Å². The Morgan fingerprint density at radius 2 is 2.09 bits per heavy atom. The molecule has 126 valence electrons. The second kappa shape index (κ2) is 7.95. The normalized spacial score (nSPS) is 19.8. The van der Waals surface area contributed by atoms with Crippen molar-refractivity contribution in [2.75, 3.05) is 19.7 Å². The molecule has 1 aromatic rings. The van der Waals surface area contributed by atoms with Crippen LogP contribution < -0.4 is 0 Å². The first-order chi connectivity index (χ1) is 10.9. The van der Waals surface area contributed by atoms with Crippen molar-refractivity contribution in [3.63, 3.8) is 0 Å². The number of benzene rings is 1. The average Bonchev–Trinajstić information content (AvgIpc) is 2.55. The number of hydrogen-bond acceptors (Lipinski definition) is 4. The molecule has 2 rings (SSSR count). The molecule has 0 saturated carbocycles. The Morgan fingerprint density at radius 3 is 2.74 bits per heavy atom. The van der Waals surface area contributed by atoms with Crippen LogP contribution in [0.5, 0.6) is 0 Å². The fourth-order valence-corrected chi connectivity index (χ4v) is 3.85. The van der Waals surface area contributed by atoms with E-state index in [-0.39, 0.29) is 18.4 Å². The first kappa shape index (κ1) is 18.0. The number of hydrogen-bond donors (Lipinski definition) is 0. The van der Waals surface area contributed by atoms with Crippen LogP contribution in [0.4, 0.5) is 0 Å². The van der Waals surface area contributed by atoms with Crippen molar-refractivity contribution >= 4 is 33.7 Å². The number of piperidine rings is 1. The maximum Gasteiger partial charge on any atom is 0.310 e. The lowest BCUT2D eigenvalue weighted by Gasteiger charge is -2.29. The summed E-state index contributed by atoms with van der Waals surface area (Å²) < 4.78 is 31.2. The molecule has 7 heteroatoms. The number of nitrogens with zero attached hydrogens (tertiary/aromatic N) is 1. The van der Waals surface area contributed by atoms with E-state index in [9.17, 15) is 13.2 Å². The highest BCUT2D eigenvalue weighted by Crippen LogP contribution is 2.21. The molecule has 1 aliphatic rings. The van der Waals surface area contributed by atoms with E-state index in [1.165, 1.54) is 15.8 Å². The van der Waals surface area contributed by atoms with Crippen LogP contribution in [0.2, 0.25) is 5.02 Å². The molecule has 5 nitrogen and oxygen atoms in total. The van der Waals surface area contributed by atoms with Crippen molar-refractivity contribution in [3.05, 3.63) is 40.3 Å². The second-order valence-corrected chi connectivity index (χ2v) is 7.60. The van der Waals surface area contributed by atoms with Crippen molar-refractivity contribution in [3.8, 4) is 0 Å². The number of ether oxygens (including phenoxy) is 1. The second-order valence-electron chi connectivity index (χ2n) is 5.35. The van der Waals surface area contributed by atoms with Crippen molar-refractivity contribution in [2.24, 2.45) is 5.92 Å². The minimum absolute atomic E-state index is 0.173. The molecule has 1 fully saturated rings. The predicted octanol–water partition coefficient (Wildman–Crippen LogP) is 2.92. The van der Waals surface area contributed by atoms with Gasteiger partial charge < -0.3 is 4.74 Å². The van der Waals surface area contributed by atoms with Gasteiger partial charge in [0.25, 0.3) is 0 Å². The zero-order valence-corrected chi connectivity index (χ0v) is 14.5. The summed E-state index contributed by atoms with van der Waals surface area (Å²) in [5.74, 6) is -0.712. The molecule has 0 N–H and O–H groups in total. The molecule has 1 aliphatic heterocycles. The summed E-state index contributed by atoms with van der Waals surface area (Å²) >= 11 is 5.80. The van der Waals surface area contributed by atoms with Crippen molar-refractivity contribution in [1.82, 2.24) is 4.31 Å². The number of esters is 1. The van der Waals surface area contributed by atoms with Crippen molar-refractivity contribution < 1.29 is 17.9 Å². The maximum absolute atomic E-state index is 12.4. The Balaban J connectivity index is 2.06. The Labute approximate surface area is 141 Å². The fraction of sp³-hybridized carbons (Fsp3) is 0.438. The van der Waals surface area contributed by atoms with E-state index in [0.29, 0.717) is 31.0 Å². The van der Waals surface area contributed by atoms with Crippen LogP contribution in [-0.2, 0) is 19.6 Å². The van der Waals surface area contributed by atoms with Gasteiger partial charge in [-0.2, -0.15) is 4.31 Å². The molecule has 1 heterocycles. The highest BCUT2D eigenvalue weighted by atomic mass is 35.5. The van der Waals surface area contributed by atoms with Crippen LogP contribution in [0, 0.1) is 5.92 Å². The van der Waals surface area contributed by atoms with E-state index in [1.807, 2.05) is 0 Å². The Morgan fingerprint density at radius 1 is 1.39 bits per heavy atom. The van der Waals surface area contributed by atoms with Gasteiger partial charge in [0.05, 0.1) is 12.5 Å². The van der Waals surface area contributed by atoms with Crippen molar-refractivity contribution in [2.45, 2.75) is 19.8 Å². The first-order valence-electron chi connectivity index (χ1n) is 7.53. The van der Waals surface area contributed by atoms with E-state index in [2.05, 4.69) is 0 Å². The largest absolute Gasteiger partial charge is 0.466 e. The van der Waals surface area contributed by atoms with E-state index in [1.54, 1.807) is 31.2 Å². The van der Waals surface area contributed by atoms with Gasteiger partial charge in [-0.3, -0.25) is 4.79 Å². The average molecular weight is 358 g/mol. The lowest BCUT2D eigenvalue weighted by atomic mass is 10.0. The topological polar surface area (TPSA) is 63.7 Å². The SMILES string of the molecule is CCOC(=O)[C@H]1CCCN(S(=O)(=O)/C=C/c2ccc(Cl)cc2)C1. The third-order valence-corrected chi connectivity index (χ3v) is 5.45.